The van der Waals surface area contributed by atoms with Crippen LogP contribution in [0.25, 0.3) is 0 Å². The fourth-order valence-electron chi connectivity index (χ4n) is 2.75. The lowest BCUT2D eigenvalue weighted by molar-refractivity contribution is 0.295. The average Bonchev–Trinajstić information content (AvgIpc) is 2.96. The van der Waals surface area contributed by atoms with Gasteiger partial charge in [-0.1, -0.05) is 31.2 Å². The summed E-state index contributed by atoms with van der Waals surface area (Å²) in [7, 11) is 0. The Morgan fingerprint density at radius 3 is 2.74 bits per heavy atom. The van der Waals surface area contributed by atoms with Crippen molar-refractivity contribution in [3.8, 4) is 11.8 Å². The van der Waals surface area contributed by atoms with Gasteiger partial charge in [0.2, 0.25) is 0 Å². The first-order valence-corrected chi connectivity index (χ1v) is 8.22. The molecule has 0 saturated heterocycles. The fourth-order valence-corrected chi connectivity index (χ4v) is 2.75. The predicted octanol–water partition coefficient (Wildman–Crippen LogP) is 3.83. The molecule has 0 N–H and O–H groups in total. The largest absolute Gasteiger partial charge is 0.494 e. The van der Waals surface area contributed by atoms with Gasteiger partial charge in [0.1, 0.15) is 11.8 Å². The van der Waals surface area contributed by atoms with E-state index in [-0.39, 0.29) is 0 Å². The Balaban J connectivity index is 1.95. The molecule has 1 aromatic heterocycles. The van der Waals surface area contributed by atoms with Crippen LogP contribution in [0.1, 0.15) is 56.0 Å². The van der Waals surface area contributed by atoms with E-state index in [1.165, 1.54) is 5.56 Å². The molecule has 0 aliphatic carbocycles. The molecule has 0 bridgehead atoms. The maximum absolute atomic E-state index is 9.23. The van der Waals surface area contributed by atoms with Crippen LogP contribution in [0, 0.1) is 18.3 Å². The van der Waals surface area contributed by atoms with E-state index in [4.69, 9.17) is 4.74 Å². The van der Waals surface area contributed by atoms with Crippen LogP contribution in [0.4, 0.5) is 0 Å². The molecule has 0 fully saturated rings. The number of hydrogen-bond acceptors (Lipinski definition) is 4. The minimum Gasteiger partial charge on any atom is -0.494 e. The van der Waals surface area contributed by atoms with Crippen molar-refractivity contribution >= 4 is 0 Å². The molecule has 0 radical (unpaired) electrons. The molecule has 23 heavy (non-hydrogen) atoms. The van der Waals surface area contributed by atoms with Gasteiger partial charge in [-0.2, -0.15) is 5.26 Å². The summed E-state index contributed by atoms with van der Waals surface area (Å²) in [5.74, 6) is 1.22. The highest BCUT2D eigenvalue weighted by atomic mass is 16.5. The van der Waals surface area contributed by atoms with E-state index in [0.717, 1.165) is 30.7 Å². The van der Waals surface area contributed by atoms with Gasteiger partial charge in [0.05, 0.1) is 12.3 Å². The summed E-state index contributed by atoms with van der Waals surface area (Å²) in [6.07, 6.45) is 2.80. The Kier molecular flexibility index (Phi) is 6.16. The van der Waals surface area contributed by atoms with Crippen molar-refractivity contribution in [3.05, 3.63) is 41.2 Å². The number of nitriles is 1. The van der Waals surface area contributed by atoms with Gasteiger partial charge in [0.15, 0.2) is 5.69 Å². The van der Waals surface area contributed by atoms with E-state index in [0.29, 0.717) is 24.8 Å². The third-order valence-corrected chi connectivity index (χ3v) is 4.02. The second kappa shape index (κ2) is 8.33. The molecule has 0 unspecified atom stereocenters. The molecule has 0 atom stereocenters. The molecule has 0 spiro atoms. The van der Waals surface area contributed by atoms with Crippen LogP contribution in [0.5, 0.6) is 5.75 Å². The Bertz CT molecular complexity index is 668. The highest BCUT2D eigenvalue weighted by Crippen LogP contribution is 2.25. The van der Waals surface area contributed by atoms with Crippen LogP contribution >= 0.6 is 0 Å². The standard InChI is InChI=1S/C18H24N4O/c1-4-15(5-2)18-17(13-19)20-21-22(18)10-7-11-23-16-9-6-8-14(3)12-16/h6,8-9,12,15H,4-5,7,10-11H2,1-3H3. The van der Waals surface area contributed by atoms with Gasteiger partial charge in [-0.3, -0.25) is 0 Å². The number of ether oxygens (including phenoxy) is 1. The molecule has 2 aromatic rings. The molecule has 0 saturated carbocycles. The lowest BCUT2D eigenvalue weighted by atomic mass is 9.97. The van der Waals surface area contributed by atoms with E-state index >= 15 is 0 Å². The molecule has 5 nitrogen and oxygen atoms in total. The monoisotopic (exact) mass is 312 g/mol. The number of nitrogens with zero attached hydrogens (tertiary/aromatic N) is 4. The van der Waals surface area contributed by atoms with E-state index in [9.17, 15) is 5.26 Å². The molecular weight excluding hydrogens is 288 g/mol. The molecule has 5 heteroatoms. The first-order chi connectivity index (χ1) is 11.2. The van der Waals surface area contributed by atoms with Crippen molar-refractivity contribution in [2.24, 2.45) is 0 Å². The Hall–Kier alpha value is -2.35. The van der Waals surface area contributed by atoms with E-state index in [2.05, 4.69) is 30.2 Å². The van der Waals surface area contributed by atoms with Gasteiger partial charge in [0.25, 0.3) is 0 Å². The lowest BCUT2D eigenvalue weighted by Crippen LogP contribution is -2.12. The zero-order valence-electron chi connectivity index (χ0n) is 14.1. The first-order valence-electron chi connectivity index (χ1n) is 8.22. The molecule has 0 aliphatic rings. The summed E-state index contributed by atoms with van der Waals surface area (Å²) in [4.78, 5) is 0. The summed E-state index contributed by atoms with van der Waals surface area (Å²) in [5.41, 5.74) is 2.61. The average molecular weight is 312 g/mol. The van der Waals surface area contributed by atoms with E-state index in [1.54, 1.807) is 0 Å². The van der Waals surface area contributed by atoms with Crippen molar-refractivity contribution in [1.29, 1.82) is 5.26 Å². The van der Waals surface area contributed by atoms with Gasteiger partial charge in [-0.15, -0.1) is 5.10 Å². The van der Waals surface area contributed by atoms with Crippen LogP contribution in [0.3, 0.4) is 0 Å². The number of hydrogen-bond donors (Lipinski definition) is 0. The molecular formula is C18H24N4O. The zero-order valence-corrected chi connectivity index (χ0v) is 14.1. The van der Waals surface area contributed by atoms with Crippen molar-refractivity contribution in [2.75, 3.05) is 6.61 Å². The quantitative estimate of drug-likeness (QED) is 0.695. The summed E-state index contributed by atoms with van der Waals surface area (Å²) in [5, 5.41) is 17.4. The third kappa shape index (κ3) is 4.32. The minimum absolute atomic E-state index is 0.331. The SMILES string of the molecule is CCC(CC)c1c(C#N)nnn1CCCOc1cccc(C)c1. The fraction of sp³-hybridized carbons (Fsp3) is 0.500. The van der Waals surface area contributed by atoms with Gasteiger partial charge >= 0.3 is 0 Å². The van der Waals surface area contributed by atoms with Gasteiger partial charge in [0, 0.05) is 18.9 Å². The maximum atomic E-state index is 9.23. The van der Waals surface area contributed by atoms with E-state index in [1.807, 2.05) is 35.9 Å². The van der Waals surface area contributed by atoms with Crippen LogP contribution in [-0.4, -0.2) is 21.6 Å². The third-order valence-electron chi connectivity index (χ3n) is 4.02. The van der Waals surface area contributed by atoms with Gasteiger partial charge in [-0.25, -0.2) is 4.68 Å². The topological polar surface area (TPSA) is 63.7 Å². The Morgan fingerprint density at radius 1 is 1.30 bits per heavy atom. The molecule has 0 amide bonds. The number of benzene rings is 1. The Labute approximate surface area is 137 Å². The number of aryl methyl sites for hydroxylation is 2. The normalized spacial score (nSPS) is 10.7. The summed E-state index contributed by atoms with van der Waals surface area (Å²) >= 11 is 0. The molecule has 1 aromatic carbocycles. The second-order valence-electron chi connectivity index (χ2n) is 5.69. The first kappa shape index (κ1) is 17.0. The van der Waals surface area contributed by atoms with Crippen molar-refractivity contribution in [2.45, 2.75) is 52.5 Å². The highest BCUT2D eigenvalue weighted by molar-refractivity contribution is 5.28. The van der Waals surface area contributed by atoms with Crippen LogP contribution in [0.2, 0.25) is 0 Å². The summed E-state index contributed by atoms with van der Waals surface area (Å²) < 4.78 is 7.64. The van der Waals surface area contributed by atoms with Crippen molar-refractivity contribution in [1.82, 2.24) is 15.0 Å². The second-order valence-corrected chi connectivity index (χ2v) is 5.69. The summed E-state index contributed by atoms with van der Waals surface area (Å²) in [6, 6.07) is 10.2. The van der Waals surface area contributed by atoms with Crippen LogP contribution in [0.15, 0.2) is 24.3 Å². The minimum atomic E-state index is 0.331. The highest BCUT2D eigenvalue weighted by Gasteiger charge is 2.19. The van der Waals surface area contributed by atoms with Gasteiger partial charge in [-0.05, 0) is 37.5 Å². The maximum Gasteiger partial charge on any atom is 0.186 e. The summed E-state index contributed by atoms with van der Waals surface area (Å²) in [6.45, 7) is 7.65. The molecule has 2 rings (SSSR count). The van der Waals surface area contributed by atoms with Crippen molar-refractivity contribution in [3.63, 3.8) is 0 Å². The van der Waals surface area contributed by atoms with Gasteiger partial charge < -0.3 is 4.74 Å². The molecule has 1 heterocycles. The van der Waals surface area contributed by atoms with Crippen LogP contribution < -0.4 is 4.74 Å². The van der Waals surface area contributed by atoms with Crippen molar-refractivity contribution < 1.29 is 4.74 Å². The molecule has 122 valence electrons. The zero-order chi connectivity index (χ0) is 16.7. The predicted molar refractivity (Wildman–Crippen MR) is 89.4 cm³/mol. The van der Waals surface area contributed by atoms with Crippen LogP contribution in [-0.2, 0) is 6.54 Å². The molecule has 0 aliphatic heterocycles. The smallest absolute Gasteiger partial charge is 0.186 e. The number of rotatable bonds is 8. The van der Waals surface area contributed by atoms with E-state index < -0.39 is 0 Å². The lowest BCUT2D eigenvalue weighted by Gasteiger charge is -2.14. The number of aromatic nitrogens is 3. The Morgan fingerprint density at radius 2 is 2.09 bits per heavy atom.